The van der Waals surface area contributed by atoms with E-state index in [9.17, 15) is 0 Å². The summed E-state index contributed by atoms with van der Waals surface area (Å²) >= 11 is 5.37. The van der Waals surface area contributed by atoms with Gasteiger partial charge in [0.25, 0.3) is 0 Å². The first-order valence-electron chi connectivity index (χ1n) is 4.39. The summed E-state index contributed by atoms with van der Waals surface area (Å²) in [6.45, 7) is 0. The molecule has 2 aliphatic rings. The molecule has 2 heterocycles. The van der Waals surface area contributed by atoms with E-state index < -0.39 is 0 Å². The molecular weight excluding hydrogens is 511 g/mol. The Bertz CT molecular complexity index is 143. The van der Waals surface area contributed by atoms with Crippen LogP contribution in [0.4, 0.5) is 0 Å². The summed E-state index contributed by atoms with van der Waals surface area (Å²) in [5, 5.41) is 1.11. The molecule has 0 aliphatic carbocycles. The standard InChI is InChI=1S/C8H14STe3/c10-7(4-6-5-9-6)8-11-2-1-3-12-8/h6-8,10H,1-5H2. The minimum absolute atomic E-state index is 0.496. The zero-order chi connectivity index (χ0) is 8.39. The number of hydrogen-bond donors (Lipinski definition) is 0. The van der Waals surface area contributed by atoms with Gasteiger partial charge in [-0.25, -0.2) is 0 Å². The van der Waals surface area contributed by atoms with E-state index in [2.05, 4.69) is 34.1 Å². The Morgan fingerprint density at radius 1 is 1.42 bits per heavy atom. The fraction of sp³-hybridized carbons (Fsp3) is 1.00. The Morgan fingerprint density at radius 3 is 2.67 bits per heavy atom. The molecule has 2 fully saturated rings. The van der Waals surface area contributed by atoms with Crippen molar-refractivity contribution in [1.29, 1.82) is 0 Å². The van der Waals surface area contributed by atoms with E-state index in [0.717, 1.165) is 5.25 Å². The van der Waals surface area contributed by atoms with E-state index in [4.69, 9.17) is 0 Å². The van der Waals surface area contributed by atoms with Crippen LogP contribution in [0.15, 0.2) is 0 Å². The number of thioether (sulfide) groups is 1. The van der Waals surface area contributed by atoms with Crippen LogP contribution in [0, 0.1) is 0 Å². The third kappa shape index (κ3) is 3.70. The second-order valence-corrected chi connectivity index (χ2v) is 16.5. The van der Waals surface area contributed by atoms with E-state index >= 15 is 0 Å². The van der Waals surface area contributed by atoms with Gasteiger partial charge in [-0.2, -0.15) is 0 Å². The molecule has 2 rings (SSSR count). The van der Waals surface area contributed by atoms with Gasteiger partial charge in [0, 0.05) is 0 Å². The Kier molecular flexibility index (Phi) is 5.33. The van der Waals surface area contributed by atoms with Crippen LogP contribution < -0.4 is 0 Å². The molecule has 2 saturated heterocycles. The summed E-state index contributed by atoms with van der Waals surface area (Å²) in [5.41, 5.74) is 0. The van der Waals surface area contributed by atoms with Gasteiger partial charge in [-0.15, -0.1) is 0 Å². The number of rotatable bonds is 3. The first-order chi connectivity index (χ1) is 5.86. The van der Waals surface area contributed by atoms with Crippen LogP contribution in [-0.4, -0.2) is 75.1 Å². The molecule has 0 radical (unpaired) electrons. The monoisotopic (exact) mass is 532 g/mol. The van der Waals surface area contributed by atoms with Crippen molar-refractivity contribution in [3.63, 3.8) is 0 Å². The third-order valence-corrected chi connectivity index (χ3v) is 20.2. The van der Waals surface area contributed by atoms with E-state index in [1.165, 1.54) is 11.7 Å². The molecule has 4 heteroatoms. The fourth-order valence-electron chi connectivity index (χ4n) is 1.31. The average molecular weight is 525 g/mol. The van der Waals surface area contributed by atoms with Gasteiger partial charge in [-0.1, -0.05) is 0 Å². The predicted octanol–water partition coefficient (Wildman–Crippen LogP) is 1.58. The Labute approximate surface area is 113 Å². The van der Waals surface area contributed by atoms with Crippen molar-refractivity contribution in [2.75, 3.05) is 5.75 Å². The van der Waals surface area contributed by atoms with Crippen molar-refractivity contribution in [2.45, 2.75) is 33.0 Å². The first kappa shape index (κ1) is 11.2. The van der Waals surface area contributed by atoms with Gasteiger partial charge in [0.15, 0.2) is 0 Å². The maximum absolute atomic E-state index is 2.20. The van der Waals surface area contributed by atoms with E-state index in [1.54, 1.807) is 21.8 Å². The van der Waals surface area contributed by atoms with Gasteiger partial charge >= 0.3 is 115 Å². The van der Waals surface area contributed by atoms with Gasteiger partial charge in [0.1, 0.15) is 0 Å². The van der Waals surface area contributed by atoms with Gasteiger partial charge in [0.2, 0.25) is 0 Å². The average Bonchev–Trinajstić information content (AvgIpc) is 2.90. The molecule has 0 aromatic rings. The van der Waals surface area contributed by atoms with Crippen molar-refractivity contribution >= 4 is 75.9 Å². The summed E-state index contributed by atoms with van der Waals surface area (Å²) in [6.07, 6.45) is 3.22. The van der Waals surface area contributed by atoms with Crippen molar-refractivity contribution in [1.82, 2.24) is 0 Å². The van der Waals surface area contributed by atoms with Crippen molar-refractivity contribution in [2.24, 2.45) is 0 Å². The van der Waals surface area contributed by atoms with Crippen molar-refractivity contribution in [3.05, 3.63) is 0 Å². The fourth-order valence-corrected chi connectivity index (χ4v) is 19.0. The quantitative estimate of drug-likeness (QED) is 0.399. The topological polar surface area (TPSA) is 0 Å². The van der Waals surface area contributed by atoms with Gasteiger partial charge < -0.3 is 0 Å². The SMILES string of the molecule is [TeH]C(CC1CS1)C1[Te]CCC[Te]1. The van der Waals surface area contributed by atoms with Crippen LogP contribution in [-0.2, 0) is 0 Å². The molecule has 0 aromatic carbocycles. The van der Waals surface area contributed by atoms with Crippen molar-refractivity contribution in [3.8, 4) is 0 Å². The third-order valence-electron chi connectivity index (χ3n) is 2.07. The molecular formula is C8H14STe3. The summed E-state index contributed by atoms with van der Waals surface area (Å²) < 4.78 is 5.90. The Hall–Kier alpha value is 2.72. The second kappa shape index (κ2) is 5.71. The molecule has 2 atom stereocenters. The normalized spacial score (nSPS) is 33.2. The van der Waals surface area contributed by atoms with Crippen LogP contribution in [0.25, 0.3) is 0 Å². The van der Waals surface area contributed by atoms with E-state index in [0.29, 0.717) is 41.8 Å². The van der Waals surface area contributed by atoms with Crippen LogP contribution in [0.3, 0.4) is 0 Å². The molecule has 0 nitrogen and oxygen atoms in total. The van der Waals surface area contributed by atoms with Gasteiger partial charge in [0.05, 0.1) is 0 Å². The van der Waals surface area contributed by atoms with Gasteiger partial charge in [-0.3, -0.25) is 0 Å². The van der Waals surface area contributed by atoms with Crippen LogP contribution in [0.1, 0.15) is 12.8 Å². The van der Waals surface area contributed by atoms with Crippen molar-refractivity contribution < 1.29 is 0 Å². The molecule has 70 valence electrons. The van der Waals surface area contributed by atoms with E-state index in [1.807, 2.05) is 0 Å². The molecule has 0 spiro atoms. The summed E-state index contributed by atoms with van der Waals surface area (Å²) in [4.78, 5) is 0. The molecule has 0 amide bonds. The summed E-state index contributed by atoms with van der Waals surface area (Å²) in [5.74, 6) is 1.49. The molecule has 2 unspecified atom stereocenters. The molecule has 0 saturated carbocycles. The molecule has 2 aliphatic heterocycles. The number of hydrogen-bond acceptors (Lipinski definition) is 1. The Morgan fingerprint density at radius 2 is 2.08 bits per heavy atom. The zero-order valence-corrected chi connectivity index (χ0v) is 15.0. The molecule has 0 aromatic heterocycles. The minimum atomic E-state index is 0.496. The van der Waals surface area contributed by atoms with Crippen LogP contribution >= 0.6 is 11.8 Å². The summed E-state index contributed by atoms with van der Waals surface area (Å²) in [6, 6.07) is 0. The van der Waals surface area contributed by atoms with Crippen LogP contribution in [0.2, 0.25) is 14.9 Å². The molecule has 0 N–H and O–H groups in total. The van der Waals surface area contributed by atoms with Gasteiger partial charge in [-0.05, 0) is 0 Å². The predicted molar refractivity (Wildman–Crippen MR) is 61.3 cm³/mol. The summed E-state index contributed by atoms with van der Waals surface area (Å²) in [7, 11) is 0. The second-order valence-electron chi connectivity index (χ2n) is 3.22. The maximum atomic E-state index is 2.20. The first-order valence-corrected chi connectivity index (χ1v) is 12.9. The molecule has 12 heavy (non-hydrogen) atoms. The zero-order valence-electron chi connectivity index (χ0n) is 6.94. The van der Waals surface area contributed by atoms with Crippen LogP contribution in [0.5, 0.6) is 0 Å². The Balaban J connectivity index is 1.72. The van der Waals surface area contributed by atoms with E-state index in [-0.39, 0.29) is 0 Å². The molecule has 0 bridgehead atoms.